The molecule has 0 aliphatic carbocycles. The number of unbranched alkanes of at least 4 members (excludes halogenated alkanes) is 1. The van der Waals surface area contributed by atoms with E-state index in [1.165, 1.54) is 32.0 Å². The molecule has 0 unspecified atom stereocenters. The summed E-state index contributed by atoms with van der Waals surface area (Å²) in [7, 11) is 7.92. The van der Waals surface area contributed by atoms with E-state index in [1.54, 1.807) is 0 Å². The number of thioether (sulfide) groups is 1. The van der Waals surface area contributed by atoms with E-state index in [2.05, 4.69) is 4.98 Å². The summed E-state index contributed by atoms with van der Waals surface area (Å²) in [6.45, 7) is 0.984. The molecule has 45 heavy (non-hydrogen) atoms. The van der Waals surface area contributed by atoms with Crippen molar-refractivity contribution in [2.24, 2.45) is 0 Å². The molecule has 0 fully saturated rings. The van der Waals surface area contributed by atoms with Gasteiger partial charge >= 0.3 is 0 Å². The molecule has 4 aromatic rings. The van der Waals surface area contributed by atoms with Crippen LogP contribution in [0.5, 0.6) is 17.2 Å². The highest BCUT2D eigenvalue weighted by Gasteiger charge is 2.23. The fourth-order valence-corrected chi connectivity index (χ4v) is 5.98. The van der Waals surface area contributed by atoms with Crippen molar-refractivity contribution in [1.82, 2.24) is 9.55 Å². The Labute approximate surface area is 259 Å². The predicted molar refractivity (Wildman–Crippen MR) is 158 cm³/mol. The Morgan fingerprint density at radius 3 is 1.87 bits per heavy atom. The van der Waals surface area contributed by atoms with Gasteiger partial charge in [0.15, 0.2) is 51.6 Å². The van der Waals surface area contributed by atoms with Crippen LogP contribution in [0.15, 0.2) is 40.3 Å². The number of quaternary nitrogens is 1. The third-order valence-corrected chi connectivity index (χ3v) is 8.23. The molecule has 0 amide bonds. The third kappa shape index (κ3) is 7.50. The first-order chi connectivity index (χ1) is 21.3. The van der Waals surface area contributed by atoms with Crippen LogP contribution in [-0.4, -0.2) is 56.0 Å². The molecule has 14 heteroatoms. The predicted octanol–water partition coefficient (Wildman–Crippen LogP) is 6.61. The van der Waals surface area contributed by atoms with E-state index in [0.29, 0.717) is 29.4 Å². The molecule has 0 bridgehead atoms. The summed E-state index contributed by atoms with van der Waals surface area (Å²) in [5, 5.41) is 0.401. The molecule has 0 N–H and O–H groups in total. The molecule has 4 rings (SSSR count). The minimum Gasteiger partial charge on any atom is -0.493 e. The van der Waals surface area contributed by atoms with Gasteiger partial charge in [0.05, 0.1) is 47.4 Å². The number of hydrogen-bond donors (Lipinski definition) is 0. The number of rotatable bonds is 13. The van der Waals surface area contributed by atoms with Crippen molar-refractivity contribution in [2.45, 2.75) is 36.8 Å². The van der Waals surface area contributed by atoms with E-state index in [-0.39, 0.29) is 57.7 Å². The third-order valence-electron chi connectivity index (χ3n) is 7.18. The summed E-state index contributed by atoms with van der Waals surface area (Å²) in [5.74, 6) is -7.68. The van der Waals surface area contributed by atoms with Crippen LogP contribution >= 0.6 is 11.8 Å². The van der Waals surface area contributed by atoms with E-state index in [9.17, 15) is 31.1 Å². The lowest BCUT2D eigenvalue weighted by molar-refractivity contribution is -0.903. The zero-order valence-electron chi connectivity index (χ0n) is 25.3. The summed E-state index contributed by atoms with van der Waals surface area (Å²) < 4.78 is 100. The van der Waals surface area contributed by atoms with Gasteiger partial charge in [0.25, 0.3) is 5.56 Å². The maximum absolute atomic E-state index is 13.9. The van der Waals surface area contributed by atoms with Gasteiger partial charge in [-0.1, -0.05) is 11.8 Å². The molecule has 0 saturated heterocycles. The largest absolute Gasteiger partial charge is 0.493 e. The van der Waals surface area contributed by atoms with Crippen LogP contribution in [0, 0.1) is 34.9 Å². The Kier molecular flexibility index (Phi) is 10.6. The maximum atomic E-state index is 13.9. The number of ether oxygens (including phenoxy) is 3. The summed E-state index contributed by atoms with van der Waals surface area (Å²) in [6, 6.07) is 5.18. The van der Waals surface area contributed by atoms with Gasteiger partial charge in [-0.15, -0.1) is 0 Å². The molecule has 3 aromatic carbocycles. The van der Waals surface area contributed by atoms with Gasteiger partial charge < -0.3 is 18.7 Å². The van der Waals surface area contributed by atoms with Crippen molar-refractivity contribution >= 4 is 22.7 Å². The number of fused-ring (bicyclic) bond motifs is 1. The Morgan fingerprint density at radius 2 is 1.33 bits per heavy atom. The molecule has 242 valence electrons. The highest BCUT2D eigenvalue weighted by molar-refractivity contribution is 7.98. The lowest BCUT2D eigenvalue weighted by Crippen LogP contribution is -2.39. The van der Waals surface area contributed by atoms with Crippen LogP contribution in [0.2, 0.25) is 0 Å². The first-order valence-corrected chi connectivity index (χ1v) is 14.7. The highest BCUT2D eigenvalue weighted by Crippen LogP contribution is 2.42. The zero-order valence-corrected chi connectivity index (χ0v) is 26.1. The number of halogens is 6. The van der Waals surface area contributed by atoms with Gasteiger partial charge in [0, 0.05) is 17.9 Å². The highest BCUT2D eigenvalue weighted by atomic mass is 32.2. The van der Waals surface area contributed by atoms with E-state index >= 15 is 0 Å². The van der Waals surface area contributed by atoms with E-state index in [1.807, 2.05) is 14.1 Å². The van der Waals surface area contributed by atoms with Gasteiger partial charge in [0.1, 0.15) is 12.1 Å². The smallest absolute Gasteiger partial charge is 0.262 e. The molecule has 0 atom stereocenters. The molecule has 0 radical (unpaired) electrons. The first-order valence-electron chi connectivity index (χ1n) is 13.7. The van der Waals surface area contributed by atoms with Crippen molar-refractivity contribution in [3.63, 3.8) is 0 Å². The molecule has 0 spiro atoms. The van der Waals surface area contributed by atoms with Crippen molar-refractivity contribution in [2.75, 3.05) is 42.0 Å². The minimum absolute atomic E-state index is 0.0314. The summed E-state index contributed by atoms with van der Waals surface area (Å²) in [6.07, 6.45) is 1.07. The van der Waals surface area contributed by atoms with Gasteiger partial charge in [-0.3, -0.25) is 9.36 Å². The SMILES string of the molecule is COc1cc2c(=O)n(CCCC[N+](C)(C)Cc3cc(F)c(F)c(F)c3)c(SCc3cc(F)c(F)c(F)c3)nc2c(OC)c1OC. The average Bonchev–Trinajstić information content (AvgIpc) is 2.99. The number of aromatic nitrogens is 2. The van der Waals surface area contributed by atoms with Gasteiger partial charge in [-0.25, -0.2) is 31.3 Å². The van der Waals surface area contributed by atoms with Crippen molar-refractivity contribution < 1.29 is 45.0 Å². The Hall–Kier alpha value is -3.91. The average molecular weight is 657 g/mol. The monoisotopic (exact) mass is 656 g/mol. The van der Waals surface area contributed by atoms with Crippen LogP contribution in [-0.2, 0) is 18.8 Å². The Morgan fingerprint density at radius 1 is 0.778 bits per heavy atom. The Balaban J connectivity index is 1.63. The van der Waals surface area contributed by atoms with Crippen LogP contribution in [0.25, 0.3) is 10.9 Å². The van der Waals surface area contributed by atoms with Crippen molar-refractivity contribution in [1.29, 1.82) is 0 Å². The Bertz CT molecular complexity index is 1740. The van der Waals surface area contributed by atoms with E-state index in [4.69, 9.17) is 14.2 Å². The molecule has 0 saturated carbocycles. The normalized spacial score (nSPS) is 11.7. The second-order valence-electron chi connectivity index (χ2n) is 11.0. The fraction of sp³-hybridized carbons (Fsp3) is 0.355. The van der Waals surface area contributed by atoms with Gasteiger partial charge in [-0.05, 0) is 48.7 Å². The van der Waals surface area contributed by atoms with Crippen molar-refractivity contribution in [3.05, 3.63) is 86.7 Å². The zero-order chi connectivity index (χ0) is 33.1. The number of benzene rings is 3. The standard InChI is InChI=1S/C31H32F6N3O4S/c1-40(2,15-17-10-20(32)25(36)21(33)11-17)9-7-6-8-39-30(41)19-14-24(42-3)28(43-4)29(44-5)27(19)38-31(39)45-16-18-12-22(34)26(37)23(35)13-18/h10-14H,6-9,15-16H2,1-5H3/q+1. The van der Waals surface area contributed by atoms with Gasteiger partial charge in [-0.2, -0.15) is 0 Å². The summed E-state index contributed by atoms with van der Waals surface area (Å²) >= 11 is 1.03. The van der Waals surface area contributed by atoms with Crippen LogP contribution < -0.4 is 19.8 Å². The molecular weight excluding hydrogens is 624 g/mol. The van der Waals surface area contributed by atoms with Crippen molar-refractivity contribution in [3.8, 4) is 17.2 Å². The first kappa shape index (κ1) is 34.0. The molecule has 7 nitrogen and oxygen atoms in total. The van der Waals surface area contributed by atoms with Crippen LogP contribution in [0.3, 0.4) is 0 Å². The quantitative estimate of drug-likeness (QED) is 0.0404. The molecular formula is C31H32F6N3O4S+. The number of methoxy groups -OCH3 is 3. The maximum Gasteiger partial charge on any atom is 0.262 e. The summed E-state index contributed by atoms with van der Waals surface area (Å²) in [4.78, 5) is 18.5. The molecule has 0 aliphatic heterocycles. The number of hydrogen-bond acceptors (Lipinski definition) is 6. The fourth-order valence-electron chi connectivity index (χ4n) is 5.03. The lowest BCUT2D eigenvalue weighted by Gasteiger charge is -2.30. The topological polar surface area (TPSA) is 62.6 Å². The second-order valence-corrected chi connectivity index (χ2v) is 11.9. The van der Waals surface area contributed by atoms with Crippen LogP contribution in [0.4, 0.5) is 26.3 Å². The van der Waals surface area contributed by atoms with E-state index < -0.39 is 40.5 Å². The molecule has 1 heterocycles. The molecule has 1 aromatic heterocycles. The van der Waals surface area contributed by atoms with Crippen LogP contribution in [0.1, 0.15) is 24.0 Å². The molecule has 0 aliphatic rings. The summed E-state index contributed by atoms with van der Waals surface area (Å²) in [5.41, 5.74) is 0.206. The minimum atomic E-state index is -1.58. The van der Waals surface area contributed by atoms with Gasteiger partial charge in [0.2, 0.25) is 5.75 Å². The lowest BCUT2D eigenvalue weighted by atomic mass is 10.1. The number of nitrogens with zero attached hydrogens (tertiary/aromatic N) is 3. The van der Waals surface area contributed by atoms with E-state index in [0.717, 1.165) is 36.0 Å². The second kappa shape index (κ2) is 14.0.